The number of anilines is 1. The lowest BCUT2D eigenvalue weighted by atomic mass is 10.1. The van der Waals surface area contributed by atoms with Gasteiger partial charge in [0.15, 0.2) is 0 Å². The zero-order valence-corrected chi connectivity index (χ0v) is 24.8. The van der Waals surface area contributed by atoms with Crippen LogP contribution < -0.4 is 10.1 Å². The standard InChI is InChI=1S/C29H42N6O2.C2H6/c1-7-30-29-32-21-24(4)14-15-31-25(5)23-36-18-11-10-16-34(6)22-26-20-27(33-29)12-13-28(26)37-19-17-35(8-2)9-3;1-2/h7,10-15,20-21H,1,4,8-9,16-19,22-23H2,2-3,5-6H3,(H,30,33);1-2H3/b11-10+,15-14-,31-25?,32-21+;. The van der Waals surface area contributed by atoms with E-state index in [2.05, 4.69) is 76.3 Å². The number of nitrogens with zero attached hydrogens (tertiary/aromatic N) is 5. The summed E-state index contributed by atoms with van der Waals surface area (Å²) in [5.41, 5.74) is 3.50. The number of allylic oxidation sites excluding steroid dienone is 2. The Bertz CT molecular complexity index is 1020. The van der Waals surface area contributed by atoms with Crippen LogP contribution >= 0.6 is 0 Å². The topological polar surface area (TPSA) is 74.0 Å². The quantitative estimate of drug-likeness (QED) is 0.435. The van der Waals surface area contributed by atoms with E-state index >= 15 is 0 Å². The number of ether oxygens (including phenoxy) is 2. The predicted molar refractivity (Wildman–Crippen MR) is 169 cm³/mol. The highest BCUT2D eigenvalue weighted by molar-refractivity contribution is 6.01. The fourth-order valence-electron chi connectivity index (χ4n) is 3.50. The molecule has 1 N–H and O–H groups in total. The molecular formula is C31H48N6O2. The van der Waals surface area contributed by atoms with Crippen molar-refractivity contribution in [3.05, 3.63) is 73.1 Å². The van der Waals surface area contributed by atoms with Crippen LogP contribution in [0.15, 0.2) is 82.5 Å². The number of guanidine groups is 1. The Kier molecular flexibility index (Phi) is 17.8. The number of benzene rings is 1. The molecule has 1 aromatic carbocycles. The third kappa shape index (κ3) is 14.4. The molecule has 8 nitrogen and oxygen atoms in total. The maximum Gasteiger partial charge on any atom is 0.227 e. The smallest absolute Gasteiger partial charge is 0.227 e. The van der Waals surface area contributed by atoms with Crippen molar-refractivity contribution in [3.8, 4) is 5.75 Å². The number of hydrogen-bond acceptors (Lipinski definition) is 6. The molecule has 8 heteroatoms. The van der Waals surface area contributed by atoms with Gasteiger partial charge in [0.25, 0.3) is 0 Å². The summed E-state index contributed by atoms with van der Waals surface area (Å²) in [6, 6.07) is 6.05. The molecule has 0 unspecified atom stereocenters. The first-order valence-corrected chi connectivity index (χ1v) is 13.7. The Morgan fingerprint density at radius 3 is 2.72 bits per heavy atom. The van der Waals surface area contributed by atoms with Gasteiger partial charge >= 0.3 is 0 Å². The summed E-state index contributed by atoms with van der Waals surface area (Å²) < 4.78 is 11.9. The Labute approximate surface area is 236 Å². The first kappa shape index (κ1) is 33.7. The van der Waals surface area contributed by atoms with Crippen LogP contribution in [0.1, 0.15) is 40.2 Å². The third-order valence-corrected chi connectivity index (χ3v) is 5.57. The zero-order valence-electron chi connectivity index (χ0n) is 24.8. The van der Waals surface area contributed by atoms with Gasteiger partial charge < -0.3 is 19.7 Å². The first-order chi connectivity index (χ1) is 18.9. The molecule has 1 aromatic rings. The number of aliphatic imine (C=N–C) groups is 3. The van der Waals surface area contributed by atoms with Crippen LogP contribution in [-0.4, -0.2) is 80.7 Å². The van der Waals surface area contributed by atoms with E-state index in [1.807, 2.05) is 39.0 Å². The van der Waals surface area contributed by atoms with E-state index < -0.39 is 0 Å². The lowest BCUT2D eigenvalue weighted by Gasteiger charge is -2.21. The summed E-state index contributed by atoms with van der Waals surface area (Å²) in [5.74, 6) is 1.28. The van der Waals surface area contributed by atoms with Gasteiger partial charge in [0.05, 0.1) is 13.2 Å². The van der Waals surface area contributed by atoms with Gasteiger partial charge in [0.2, 0.25) is 5.96 Å². The molecule has 0 aliphatic carbocycles. The molecule has 0 aromatic heterocycles. The fraction of sp³-hybridized carbons (Fsp3) is 0.452. The highest BCUT2D eigenvalue weighted by Crippen LogP contribution is 2.25. The van der Waals surface area contributed by atoms with Gasteiger partial charge in [0, 0.05) is 55.2 Å². The van der Waals surface area contributed by atoms with Crippen LogP contribution in [0.3, 0.4) is 0 Å². The fourth-order valence-corrected chi connectivity index (χ4v) is 3.50. The van der Waals surface area contributed by atoms with Crippen molar-refractivity contribution in [2.45, 2.75) is 41.2 Å². The molecule has 0 saturated carbocycles. The van der Waals surface area contributed by atoms with E-state index in [-0.39, 0.29) is 0 Å². The molecule has 0 atom stereocenters. The molecule has 1 heterocycles. The first-order valence-electron chi connectivity index (χ1n) is 13.7. The molecule has 1 aliphatic heterocycles. The molecule has 214 valence electrons. The minimum absolute atomic E-state index is 0.407. The highest BCUT2D eigenvalue weighted by Gasteiger charge is 2.10. The number of fused-ring (bicyclic) bond motifs is 2. The Morgan fingerprint density at radius 1 is 1.23 bits per heavy atom. The van der Waals surface area contributed by atoms with Crippen molar-refractivity contribution in [1.82, 2.24) is 9.80 Å². The molecule has 2 rings (SSSR count). The summed E-state index contributed by atoms with van der Waals surface area (Å²) in [4.78, 5) is 17.7. The molecular weight excluding hydrogens is 488 g/mol. The highest BCUT2D eigenvalue weighted by atomic mass is 16.5. The lowest BCUT2D eigenvalue weighted by Crippen LogP contribution is -2.28. The predicted octanol–water partition coefficient (Wildman–Crippen LogP) is 5.96. The van der Waals surface area contributed by atoms with Gasteiger partial charge in [-0.05, 0) is 56.9 Å². The van der Waals surface area contributed by atoms with Gasteiger partial charge in [-0.15, -0.1) is 0 Å². The number of rotatable bonds is 7. The second kappa shape index (κ2) is 20.6. The molecule has 0 radical (unpaired) electrons. The Morgan fingerprint density at radius 2 is 2.00 bits per heavy atom. The zero-order chi connectivity index (χ0) is 28.9. The molecule has 1 aliphatic rings. The van der Waals surface area contributed by atoms with Gasteiger partial charge in [-0.3, -0.25) is 9.89 Å². The molecule has 0 saturated heterocycles. The number of hydrogen-bond donors (Lipinski definition) is 1. The van der Waals surface area contributed by atoms with E-state index in [4.69, 9.17) is 9.47 Å². The monoisotopic (exact) mass is 536 g/mol. The maximum atomic E-state index is 6.22. The average Bonchev–Trinajstić information content (AvgIpc) is 2.93. The van der Waals surface area contributed by atoms with E-state index in [0.717, 1.165) is 48.9 Å². The van der Waals surface area contributed by atoms with Crippen molar-refractivity contribution in [2.24, 2.45) is 15.0 Å². The summed E-state index contributed by atoms with van der Waals surface area (Å²) in [5, 5.41) is 3.28. The van der Waals surface area contributed by atoms with E-state index in [1.165, 1.54) is 6.20 Å². The summed E-state index contributed by atoms with van der Waals surface area (Å²) in [6.45, 7) is 24.0. The van der Waals surface area contributed by atoms with Crippen LogP contribution in [0.2, 0.25) is 0 Å². The van der Waals surface area contributed by atoms with Gasteiger partial charge in [-0.1, -0.05) is 53.0 Å². The van der Waals surface area contributed by atoms with Gasteiger partial charge in [-0.25, -0.2) is 9.98 Å². The maximum absolute atomic E-state index is 6.22. The van der Waals surface area contributed by atoms with Gasteiger partial charge in [-0.2, -0.15) is 0 Å². The van der Waals surface area contributed by atoms with E-state index in [1.54, 1.807) is 18.5 Å². The van der Waals surface area contributed by atoms with E-state index in [9.17, 15) is 0 Å². The number of likely N-dealkylation sites (N-methyl/N-ethyl adjacent to an activating group) is 2. The summed E-state index contributed by atoms with van der Waals surface area (Å²) >= 11 is 0. The second-order valence-electron chi connectivity index (χ2n) is 8.65. The lowest BCUT2D eigenvalue weighted by molar-refractivity contribution is 0.203. The van der Waals surface area contributed by atoms with Crippen LogP contribution in [0, 0.1) is 0 Å². The normalized spacial score (nSPS) is 19.2. The average molecular weight is 537 g/mol. The van der Waals surface area contributed by atoms with Gasteiger partial charge in [0.1, 0.15) is 12.4 Å². The van der Waals surface area contributed by atoms with Crippen molar-refractivity contribution >= 4 is 23.6 Å². The second-order valence-corrected chi connectivity index (χ2v) is 8.65. The van der Waals surface area contributed by atoms with Crippen LogP contribution in [0.5, 0.6) is 5.75 Å². The summed E-state index contributed by atoms with van der Waals surface area (Å²) in [7, 11) is 2.08. The van der Waals surface area contributed by atoms with Crippen LogP contribution in [-0.2, 0) is 11.3 Å². The molecule has 2 bridgehead atoms. The number of nitrogens with one attached hydrogen (secondary N) is 1. The van der Waals surface area contributed by atoms with Crippen LogP contribution in [0.4, 0.5) is 5.69 Å². The minimum atomic E-state index is 0.407. The van der Waals surface area contributed by atoms with E-state index in [0.29, 0.717) is 37.9 Å². The van der Waals surface area contributed by atoms with Crippen molar-refractivity contribution in [3.63, 3.8) is 0 Å². The molecule has 0 spiro atoms. The Hall–Kier alpha value is -3.33. The molecule has 39 heavy (non-hydrogen) atoms. The van der Waals surface area contributed by atoms with Crippen molar-refractivity contribution in [2.75, 3.05) is 58.4 Å². The van der Waals surface area contributed by atoms with Crippen LogP contribution in [0.25, 0.3) is 0 Å². The SMILES string of the molecule is C=CN=C1/N=C/C(=C)/C=C\N=C(C)COC/C=C/CN(C)Cc2cc(ccc2OCCN(CC)CC)N1.CC. The molecule has 0 fully saturated rings. The Balaban J connectivity index is 0.00000371. The molecule has 0 amide bonds. The summed E-state index contributed by atoms with van der Waals surface area (Å²) in [6.07, 6.45) is 10.7. The third-order valence-electron chi connectivity index (χ3n) is 5.57. The van der Waals surface area contributed by atoms with Crippen molar-refractivity contribution < 1.29 is 9.47 Å². The van der Waals surface area contributed by atoms with Crippen molar-refractivity contribution in [1.29, 1.82) is 0 Å². The largest absolute Gasteiger partial charge is 0.492 e. The minimum Gasteiger partial charge on any atom is -0.492 e.